The quantitative estimate of drug-likeness (QED) is 0.140. The third-order valence-electron chi connectivity index (χ3n) is 24.3. The van der Waals surface area contributed by atoms with Crippen LogP contribution in [0.1, 0.15) is 134 Å². The van der Waals surface area contributed by atoms with Gasteiger partial charge >= 0.3 is 11.9 Å². The number of nitrogens with one attached hydrogen (secondary N) is 1. The van der Waals surface area contributed by atoms with Gasteiger partial charge < -0.3 is 38.5 Å². The van der Waals surface area contributed by atoms with Gasteiger partial charge in [0.1, 0.15) is 24.1 Å². The summed E-state index contributed by atoms with van der Waals surface area (Å²) >= 11 is 0. The third kappa shape index (κ3) is 6.12. The van der Waals surface area contributed by atoms with Crippen LogP contribution >= 0.6 is 0 Å². The molecule has 4 spiro atoms. The molecule has 22 unspecified atom stereocenters. The minimum absolute atomic E-state index is 0.0184. The smallest absolute Gasteiger partial charge is 0.339 e. The van der Waals surface area contributed by atoms with E-state index in [2.05, 4.69) is 85.4 Å². The lowest BCUT2D eigenvalue weighted by atomic mass is 9.30. The van der Waals surface area contributed by atoms with Crippen molar-refractivity contribution in [1.29, 1.82) is 0 Å². The maximum atomic E-state index is 16.5. The van der Waals surface area contributed by atoms with E-state index in [1.807, 2.05) is 13.2 Å². The van der Waals surface area contributed by atoms with Gasteiger partial charge in [0.15, 0.2) is 17.5 Å². The fourth-order valence-electron chi connectivity index (χ4n) is 21.5. The third-order valence-corrected chi connectivity index (χ3v) is 24.3. The summed E-state index contributed by atoms with van der Waals surface area (Å²) in [6, 6.07) is 11.2. The van der Waals surface area contributed by atoms with Crippen LogP contribution in [0, 0.1) is 99.1 Å². The Kier molecular flexibility index (Phi) is 10.6. The molecule has 12 heteroatoms. The molecule has 75 heavy (non-hydrogen) atoms. The number of nitrogens with zero attached hydrogens (tertiary/aromatic N) is 1. The molecule has 2 aromatic rings. The first-order valence-electron chi connectivity index (χ1n) is 29.6. The molecular formula is C63H78N2O10. The molecule has 12 nitrogen and oxygen atoms in total. The fraction of sp³-hybridized carbons (Fsp3) is 0.730. The molecule has 1 aromatic carbocycles. The summed E-state index contributed by atoms with van der Waals surface area (Å²) in [5, 5.41) is 30.0. The highest BCUT2D eigenvalue weighted by atomic mass is 16.7. The number of ether oxygens (including phenoxy) is 4. The lowest BCUT2D eigenvalue weighted by Crippen LogP contribution is -2.81. The Hall–Kier alpha value is -3.99. The van der Waals surface area contributed by atoms with E-state index in [0.29, 0.717) is 80.6 Å². The number of epoxide rings is 1. The van der Waals surface area contributed by atoms with Gasteiger partial charge in [0.2, 0.25) is 0 Å². The van der Waals surface area contributed by atoms with E-state index in [-0.39, 0.29) is 48.5 Å². The van der Waals surface area contributed by atoms with Crippen LogP contribution in [0.25, 0.3) is 0 Å². The van der Waals surface area contributed by atoms with Crippen LogP contribution in [0.15, 0.2) is 53.3 Å². The summed E-state index contributed by atoms with van der Waals surface area (Å²) < 4.78 is 35.4. The molecule has 7 heterocycles. The number of carbonyl (C=O) groups excluding carboxylic acids is 3. The van der Waals surface area contributed by atoms with E-state index in [1.54, 1.807) is 0 Å². The van der Waals surface area contributed by atoms with Gasteiger partial charge in [0.05, 0.1) is 49.0 Å². The second kappa shape index (κ2) is 16.5. The predicted molar refractivity (Wildman–Crippen MR) is 275 cm³/mol. The van der Waals surface area contributed by atoms with Crippen molar-refractivity contribution in [2.45, 2.75) is 178 Å². The zero-order chi connectivity index (χ0) is 51.2. The standard InChI is InChI=1S/C63H78N2O10/c1-34(2)18-21-58(3)54-53(68)55(69)61-45-25-36(24-35-8-6-5-7-9-35)10-11-37(45)12-15-41-16-13-40-31-71-48(28-44-42-26-39-20-23-65-33-64-30-46(65)43(39)27-38(42)14-17-47(44)66)52(40)62(41)59(4,63(61)56(74-63)57(70)75-62)22-19-49(61)60(54)32-72-51(67)29-50(60)73-58/h5-9,20,23,31,34,36-39,41-47,49-50,54-56,64,66,69H,10-11,13-14,16-19,21-22,24-30,32-33H2,1-4H3. The number of ketones is 1. The number of allylic oxidation sites excluding steroid dienone is 1. The van der Waals surface area contributed by atoms with Crippen LogP contribution in [-0.4, -0.2) is 94.3 Å². The highest BCUT2D eigenvalue weighted by molar-refractivity contribution is 5.92. The van der Waals surface area contributed by atoms with Crippen LogP contribution in [0.2, 0.25) is 0 Å². The maximum Gasteiger partial charge on any atom is 0.339 e. The van der Waals surface area contributed by atoms with Crippen LogP contribution in [-0.2, 0) is 58.2 Å². The maximum absolute atomic E-state index is 16.5. The van der Waals surface area contributed by atoms with Crippen LogP contribution in [0.3, 0.4) is 0 Å². The molecule has 4 bridgehead atoms. The second-order valence-electron chi connectivity index (χ2n) is 27.6. The number of esters is 2. The van der Waals surface area contributed by atoms with Gasteiger partial charge in [0.25, 0.3) is 0 Å². The van der Waals surface area contributed by atoms with Gasteiger partial charge in [-0.15, -0.1) is 0 Å². The molecule has 7 aliphatic carbocycles. The molecule has 15 rings (SSSR count). The zero-order valence-electron chi connectivity index (χ0n) is 44.5. The summed E-state index contributed by atoms with van der Waals surface area (Å²) in [7, 11) is 0. The normalized spacial score (nSPS) is 50.2. The summed E-state index contributed by atoms with van der Waals surface area (Å²) in [4.78, 5) is 48.3. The lowest BCUT2D eigenvalue weighted by Gasteiger charge is -2.72. The molecule has 10 fully saturated rings. The molecule has 3 N–H and O–H groups in total. The number of fused-ring (bicyclic) bond motifs is 6. The second-order valence-corrected chi connectivity index (χ2v) is 27.6. The summed E-state index contributed by atoms with van der Waals surface area (Å²) in [5.41, 5.74) is -3.77. The largest absolute Gasteiger partial charge is 0.469 e. The SMILES string of the molecule is CC(C)CCC1(C)OC2CC(=O)OCC23C1C(=O)C(O)C12C4CC(Cc5ccccc5)CCC4C#CC4CCc5coc(CC6C(O)CCC7CC8C(C=CN9CNCC89)CC76)c5C45OC(=O)C4OC41C5(C)CCC32. The Morgan fingerprint density at radius 3 is 2.63 bits per heavy atom. The Balaban J connectivity index is 0.901. The van der Waals surface area contributed by atoms with E-state index in [0.717, 1.165) is 81.5 Å². The van der Waals surface area contributed by atoms with Gasteiger partial charge in [-0.3, -0.25) is 14.9 Å². The molecule has 13 aliphatic rings. The van der Waals surface area contributed by atoms with E-state index in [9.17, 15) is 15.0 Å². The van der Waals surface area contributed by atoms with Crippen molar-refractivity contribution < 1.29 is 48.0 Å². The number of carbonyl (C=O) groups is 3. The first-order valence-corrected chi connectivity index (χ1v) is 29.6. The van der Waals surface area contributed by atoms with Gasteiger partial charge in [0, 0.05) is 46.7 Å². The average molecular weight is 1020 g/mol. The first-order chi connectivity index (χ1) is 36.2. The van der Waals surface area contributed by atoms with E-state index in [4.69, 9.17) is 23.4 Å². The molecule has 5 saturated heterocycles. The van der Waals surface area contributed by atoms with Crippen LogP contribution in [0.4, 0.5) is 0 Å². The Bertz CT molecular complexity index is 2800. The lowest BCUT2D eigenvalue weighted by molar-refractivity contribution is -0.301. The van der Waals surface area contributed by atoms with Crippen molar-refractivity contribution >= 4 is 17.7 Å². The number of hydrogen-bond acceptors (Lipinski definition) is 12. The fourth-order valence-corrected chi connectivity index (χ4v) is 21.5. The van der Waals surface area contributed by atoms with Crippen LogP contribution in [0.5, 0.6) is 0 Å². The summed E-state index contributed by atoms with van der Waals surface area (Å²) in [5.74, 6) is 7.91. The minimum Gasteiger partial charge on any atom is -0.469 e. The molecule has 5 saturated carbocycles. The first kappa shape index (κ1) is 48.2. The number of furan rings is 1. The number of rotatable bonds is 7. The summed E-state index contributed by atoms with van der Waals surface area (Å²) in [6.07, 6.45) is 14.7. The summed E-state index contributed by atoms with van der Waals surface area (Å²) in [6.45, 7) is 10.6. The van der Waals surface area contributed by atoms with Crippen molar-refractivity contribution in [1.82, 2.24) is 10.2 Å². The highest BCUT2D eigenvalue weighted by Crippen LogP contribution is 2.85. The van der Waals surface area contributed by atoms with E-state index < -0.39 is 81.2 Å². The van der Waals surface area contributed by atoms with Gasteiger partial charge in [-0.05, 0) is 167 Å². The van der Waals surface area contributed by atoms with Crippen molar-refractivity contribution in [3.8, 4) is 11.8 Å². The average Bonchev–Trinajstić information content (AvgIpc) is 2.63. The Labute approximate surface area is 442 Å². The number of aliphatic hydroxyl groups is 2. The topological polar surface area (TPSA) is 160 Å². The zero-order valence-corrected chi connectivity index (χ0v) is 44.5. The predicted octanol–water partition coefficient (Wildman–Crippen LogP) is 7.84. The number of aliphatic hydroxyl groups excluding tert-OH is 2. The Morgan fingerprint density at radius 1 is 0.933 bits per heavy atom. The Morgan fingerprint density at radius 2 is 1.79 bits per heavy atom. The molecule has 0 amide bonds. The molecule has 6 aliphatic heterocycles. The van der Waals surface area contributed by atoms with Gasteiger partial charge in [-0.2, -0.15) is 0 Å². The minimum atomic E-state index is -1.51. The molecular weight excluding hydrogens is 945 g/mol. The number of cyclic esters (lactones) is 1. The molecule has 400 valence electrons. The van der Waals surface area contributed by atoms with Crippen molar-refractivity contribution in [3.63, 3.8) is 0 Å². The number of Topliss-reactive ketones (excluding diaryl/α,β-unsaturated/α-hetero) is 1. The number of benzene rings is 1. The van der Waals surface area contributed by atoms with Crippen molar-refractivity contribution in [3.05, 3.63) is 71.3 Å². The van der Waals surface area contributed by atoms with E-state index >= 15 is 9.59 Å². The molecule has 0 radical (unpaired) electrons. The number of hydrogen-bond donors (Lipinski definition) is 3. The van der Waals surface area contributed by atoms with Crippen molar-refractivity contribution in [2.75, 3.05) is 19.8 Å². The molecule has 22 atom stereocenters. The van der Waals surface area contributed by atoms with Gasteiger partial charge in [-0.25, -0.2) is 4.79 Å². The van der Waals surface area contributed by atoms with Crippen molar-refractivity contribution in [2.24, 2.45) is 87.3 Å². The highest BCUT2D eigenvalue weighted by Gasteiger charge is 2.96. The molecule has 1 aromatic heterocycles. The number of aryl methyl sites for hydroxylation is 1. The van der Waals surface area contributed by atoms with Gasteiger partial charge in [-0.1, -0.05) is 69.0 Å². The van der Waals surface area contributed by atoms with E-state index in [1.165, 1.54) is 5.56 Å². The van der Waals surface area contributed by atoms with Crippen LogP contribution < -0.4 is 5.32 Å². The monoisotopic (exact) mass is 1020 g/mol.